The molecule has 0 atom stereocenters. The second kappa shape index (κ2) is 7.44. The summed E-state index contributed by atoms with van der Waals surface area (Å²) in [5.74, 6) is 0. The molecule has 0 amide bonds. The van der Waals surface area contributed by atoms with Crippen molar-refractivity contribution in [3.63, 3.8) is 0 Å². The van der Waals surface area contributed by atoms with Gasteiger partial charge in [-0.3, -0.25) is 0 Å². The molecule has 0 unspecified atom stereocenters. The lowest BCUT2D eigenvalue weighted by Crippen LogP contribution is -1.46. The Labute approximate surface area is 64.4 Å². The third-order valence-corrected chi connectivity index (χ3v) is 0.958. The number of hydrogen-bond acceptors (Lipinski definition) is 0. The Morgan fingerprint density at radius 2 is 1.44 bits per heavy atom. The van der Waals surface area contributed by atoms with Crippen molar-refractivity contribution in [1.82, 2.24) is 0 Å². The maximum absolute atomic E-state index is 3.53. The average Bonchev–Trinajstić information content (AvgIpc) is 1.89. The van der Waals surface area contributed by atoms with Gasteiger partial charge in [-0.25, -0.2) is 0 Å². The van der Waals surface area contributed by atoms with Crippen molar-refractivity contribution in [2.45, 2.75) is 0 Å². The first kappa shape index (κ1) is 8.44. The first-order chi connectivity index (χ1) is 4.41. The fourth-order valence-electron chi connectivity index (χ4n) is 0.313. The van der Waals surface area contributed by atoms with Crippen LogP contribution in [0.2, 0.25) is 0 Å². The SMILES string of the molecule is C=C/C=C/C=C\C=C\Br. The van der Waals surface area contributed by atoms with Crippen LogP contribution in [-0.4, -0.2) is 0 Å². The van der Waals surface area contributed by atoms with Crippen molar-refractivity contribution in [3.05, 3.63) is 48.0 Å². The minimum atomic E-state index is 1.74. The summed E-state index contributed by atoms with van der Waals surface area (Å²) in [6.45, 7) is 3.53. The number of rotatable bonds is 3. The van der Waals surface area contributed by atoms with Crippen molar-refractivity contribution in [1.29, 1.82) is 0 Å². The first-order valence-corrected chi connectivity index (χ1v) is 3.54. The molecule has 0 aliphatic rings. The van der Waals surface area contributed by atoms with Crippen LogP contribution in [0.4, 0.5) is 0 Å². The largest absolute Gasteiger partial charge is 0.0991 e. The van der Waals surface area contributed by atoms with Crippen molar-refractivity contribution in [2.75, 3.05) is 0 Å². The minimum Gasteiger partial charge on any atom is -0.0991 e. The molecule has 0 spiro atoms. The molecule has 9 heavy (non-hydrogen) atoms. The fourth-order valence-corrected chi connectivity index (χ4v) is 0.489. The van der Waals surface area contributed by atoms with Crippen LogP contribution < -0.4 is 0 Å². The molecule has 0 aromatic rings. The number of hydrogen-bond donors (Lipinski definition) is 0. The van der Waals surface area contributed by atoms with E-state index >= 15 is 0 Å². The van der Waals surface area contributed by atoms with E-state index in [9.17, 15) is 0 Å². The molecule has 1 heteroatoms. The van der Waals surface area contributed by atoms with Gasteiger partial charge >= 0.3 is 0 Å². The van der Waals surface area contributed by atoms with Gasteiger partial charge in [-0.15, -0.1) is 0 Å². The molecular weight excluding hydrogens is 176 g/mol. The van der Waals surface area contributed by atoms with E-state index in [1.54, 1.807) is 11.1 Å². The lowest BCUT2D eigenvalue weighted by molar-refractivity contribution is 1.91. The van der Waals surface area contributed by atoms with Crippen molar-refractivity contribution in [3.8, 4) is 0 Å². The van der Waals surface area contributed by atoms with Gasteiger partial charge in [0.1, 0.15) is 0 Å². The summed E-state index contributed by atoms with van der Waals surface area (Å²) in [5, 5.41) is 0. The normalized spacial score (nSPS) is 12.1. The smallest absolute Gasteiger partial charge is 0.0189 e. The highest BCUT2D eigenvalue weighted by Crippen LogP contribution is 1.84. The highest BCUT2D eigenvalue weighted by atomic mass is 79.9. The van der Waals surface area contributed by atoms with Crippen LogP contribution in [0.5, 0.6) is 0 Å². The Bertz CT molecular complexity index is 141. The van der Waals surface area contributed by atoms with Gasteiger partial charge in [-0.2, -0.15) is 0 Å². The second-order valence-corrected chi connectivity index (χ2v) is 1.85. The third-order valence-electron chi connectivity index (χ3n) is 0.653. The summed E-state index contributed by atoms with van der Waals surface area (Å²) in [7, 11) is 0. The number of halogens is 1. The standard InChI is InChI=1S/C8H9Br/c1-2-3-4-5-6-7-8-9/h2-8H,1H2/b4-3+,6-5-,8-7+. The van der Waals surface area contributed by atoms with E-state index in [2.05, 4.69) is 22.5 Å². The lowest BCUT2D eigenvalue weighted by Gasteiger charge is -1.68. The summed E-state index contributed by atoms with van der Waals surface area (Å²) in [6.07, 6.45) is 11.3. The van der Waals surface area contributed by atoms with Crippen molar-refractivity contribution < 1.29 is 0 Å². The van der Waals surface area contributed by atoms with Gasteiger partial charge in [0.05, 0.1) is 0 Å². The molecule has 0 saturated carbocycles. The summed E-state index contributed by atoms with van der Waals surface area (Å²) >= 11 is 3.14. The van der Waals surface area contributed by atoms with Gasteiger partial charge in [0.15, 0.2) is 0 Å². The molecule has 0 aliphatic heterocycles. The van der Waals surface area contributed by atoms with Crippen LogP contribution >= 0.6 is 15.9 Å². The van der Waals surface area contributed by atoms with Gasteiger partial charge in [0, 0.05) is 0 Å². The Kier molecular flexibility index (Phi) is 6.98. The summed E-state index contributed by atoms with van der Waals surface area (Å²) < 4.78 is 0. The summed E-state index contributed by atoms with van der Waals surface area (Å²) in [5.41, 5.74) is 0. The van der Waals surface area contributed by atoms with Crippen LogP contribution in [0.1, 0.15) is 0 Å². The molecule has 0 bridgehead atoms. The molecule has 0 radical (unpaired) electrons. The molecule has 0 aromatic heterocycles. The van der Waals surface area contributed by atoms with Gasteiger partial charge in [-0.05, 0) is 4.99 Å². The van der Waals surface area contributed by atoms with E-state index in [1.807, 2.05) is 30.4 Å². The Morgan fingerprint density at radius 1 is 0.889 bits per heavy atom. The maximum Gasteiger partial charge on any atom is -0.0189 e. The molecule has 0 aliphatic carbocycles. The molecule has 48 valence electrons. The summed E-state index contributed by atoms with van der Waals surface area (Å²) in [6, 6.07) is 0. The molecule has 0 saturated heterocycles. The van der Waals surface area contributed by atoms with Crippen LogP contribution in [0.3, 0.4) is 0 Å². The summed E-state index contributed by atoms with van der Waals surface area (Å²) in [4.78, 5) is 1.80. The van der Waals surface area contributed by atoms with E-state index in [0.29, 0.717) is 0 Å². The zero-order valence-corrected chi connectivity index (χ0v) is 6.71. The minimum absolute atomic E-state index is 1.74. The maximum atomic E-state index is 3.53. The molecule has 0 heterocycles. The van der Waals surface area contributed by atoms with Crippen LogP contribution in [0.15, 0.2) is 48.0 Å². The quantitative estimate of drug-likeness (QED) is 0.592. The predicted molar refractivity (Wildman–Crippen MR) is 46.5 cm³/mol. The van der Waals surface area contributed by atoms with Crippen molar-refractivity contribution >= 4 is 15.9 Å². The molecule has 0 aromatic carbocycles. The lowest BCUT2D eigenvalue weighted by atomic mass is 10.4. The molecule has 0 rings (SSSR count). The van der Waals surface area contributed by atoms with Gasteiger partial charge in [-0.1, -0.05) is 59.0 Å². The first-order valence-electron chi connectivity index (χ1n) is 2.63. The van der Waals surface area contributed by atoms with Crippen molar-refractivity contribution in [2.24, 2.45) is 0 Å². The van der Waals surface area contributed by atoms with E-state index < -0.39 is 0 Å². The predicted octanol–water partition coefficient (Wildman–Crippen LogP) is 3.19. The zero-order chi connectivity index (χ0) is 6.95. The Hall–Kier alpha value is -0.560. The topological polar surface area (TPSA) is 0 Å². The Morgan fingerprint density at radius 3 is 2.00 bits per heavy atom. The van der Waals surface area contributed by atoms with Crippen LogP contribution in [-0.2, 0) is 0 Å². The molecule has 0 nitrogen and oxygen atoms in total. The average molecular weight is 185 g/mol. The number of allylic oxidation sites excluding steroid dienone is 6. The molecule has 0 N–H and O–H groups in total. The third kappa shape index (κ3) is 7.44. The van der Waals surface area contributed by atoms with E-state index in [4.69, 9.17) is 0 Å². The van der Waals surface area contributed by atoms with Crippen LogP contribution in [0.25, 0.3) is 0 Å². The van der Waals surface area contributed by atoms with E-state index in [1.165, 1.54) is 0 Å². The Balaban J connectivity index is 3.46. The molecular formula is C8H9Br. The van der Waals surface area contributed by atoms with E-state index in [-0.39, 0.29) is 0 Å². The van der Waals surface area contributed by atoms with Gasteiger partial charge < -0.3 is 0 Å². The monoisotopic (exact) mass is 184 g/mol. The zero-order valence-electron chi connectivity index (χ0n) is 5.13. The van der Waals surface area contributed by atoms with Crippen LogP contribution in [0, 0.1) is 0 Å². The van der Waals surface area contributed by atoms with Gasteiger partial charge in [0.2, 0.25) is 0 Å². The van der Waals surface area contributed by atoms with Gasteiger partial charge in [0.25, 0.3) is 0 Å². The highest BCUT2D eigenvalue weighted by molar-refractivity contribution is 9.11. The fraction of sp³-hybridized carbons (Fsp3) is 0. The van der Waals surface area contributed by atoms with E-state index in [0.717, 1.165) is 0 Å². The molecule has 0 fully saturated rings. The highest BCUT2D eigenvalue weighted by Gasteiger charge is 1.57. The second-order valence-electron chi connectivity index (χ2n) is 1.32.